The van der Waals surface area contributed by atoms with Gasteiger partial charge in [-0.05, 0) is 24.8 Å². The van der Waals surface area contributed by atoms with Crippen molar-refractivity contribution in [1.29, 1.82) is 0 Å². The summed E-state index contributed by atoms with van der Waals surface area (Å²) < 4.78 is 0. The summed E-state index contributed by atoms with van der Waals surface area (Å²) in [6.07, 6.45) is 4.69. The molecule has 88 valence electrons. The highest BCUT2D eigenvalue weighted by Gasteiger charge is 2.24. The van der Waals surface area contributed by atoms with Crippen LogP contribution in [-0.2, 0) is 6.54 Å². The summed E-state index contributed by atoms with van der Waals surface area (Å²) in [5, 5.41) is 0.463. The van der Waals surface area contributed by atoms with Gasteiger partial charge in [0.25, 0.3) is 0 Å². The lowest BCUT2D eigenvalue weighted by molar-refractivity contribution is 0.293. The third-order valence-electron chi connectivity index (χ3n) is 3.31. The molecule has 1 aliphatic rings. The minimum absolute atomic E-state index is 0.463. The number of hydrogen-bond donors (Lipinski definition) is 0. The maximum Gasteiger partial charge on any atom is 0.147 e. The molecule has 1 aromatic rings. The molecule has 16 heavy (non-hydrogen) atoms. The Hall–Kier alpha value is -0.670. The number of likely N-dealkylation sites (tertiary alicyclic amines) is 1. The van der Waals surface area contributed by atoms with E-state index in [-0.39, 0.29) is 0 Å². The van der Waals surface area contributed by atoms with Gasteiger partial charge in [0.15, 0.2) is 0 Å². The molecule has 1 unspecified atom stereocenters. The van der Waals surface area contributed by atoms with Crippen LogP contribution in [0.25, 0.3) is 0 Å². The standard InChI is InChI=1S/C12H18ClN3/c1-9(2)10-3-4-16(7-10)8-11-5-15-12(13)6-14-11/h5-6,9-10H,3-4,7-8H2,1-2H3. The van der Waals surface area contributed by atoms with Crippen LogP contribution >= 0.6 is 11.6 Å². The smallest absolute Gasteiger partial charge is 0.147 e. The lowest BCUT2D eigenvalue weighted by atomic mass is 9.95. The van der Waals surface area contributed by atoms with Crippen molar-refractivity contribution in [3.05, 3.63) is 23.2 Å². The molecule has 3 nitrogen and oxygen atoms in total. The lowest BCUT2D eigenvalue weighted by Gasteiger charge is -2.17. The van der Waals surface area contributed by atoms with Crippen LogP contribution in [0, 0.1) is 11.8 Å². The topological polar surface area (TPSA) is 29.0 Å². The van der Waals surface area contributed by atoms with Crippen molar-refractivity contribution in [2.24, 2.45) is 11.8 Å². The van der Waals surface area contributed by atoms with Crippen LogP contribution in [0.5, 0.6) is 0 Å². The van der Waals surface area contributed by atoms with Crippen molar-refractivity contribution in [1.82, 2.24) is 14.9 Å². The van der Waals surface area contributed by atoms with Gasteiger partial charge < -0.3 is 0 Å². The molecule has 1 aromatic heterocycles. The molecule has 1 atom stereocenters. The average molecular weight is 240 g/mol. The van der Waals surface area contributed by atoms with Crippen molar-refractivity contribution < 1.29 is 0 Å². The third kappa shape index (κ3) is 2.92. The monoisotopic (exact) mass is 239 g/mol. The highest BCUT2D eigenvalue weighted by molar-refractivity contribution is 6.29. The fourth-order valence-corrected chi connectivity index (χ4v) is 2.30. The minimum Gasteiger partial charge on any atom is -0.297 e. The average Bonchev–Trinajstić information content (AvgIpc) is 2.70. The first-order valence-corrected chi connectivity index (χ1v) is 6.21. The minimum atomic E-state index is 0.463. The largest absolute Gasteiger partial charge is 0.297 e. The van der Waals surface area contributed by atoms with E-state index in [1.807, 2.05) is 0 Å². The molecule has 0 bridgehead atoms. The van der Waals surface area contributed by atoms with Crippen molar-refractivity contribution >= 4 is 11.6 Å². The first kappa shape index (κ1) is 11.8. The highest BCUT2D eigenvalue weighted by atomic mass is 35.5. The van der Waals surface area contributed by atoms with Crippen molar-refractivity contribution in [2.75, 3.05) is 13.1 Å². The van der Waals surface area contributed by atoms with Crippen LogP contribution in [0.3, 0.4) is 0 Å². The molecule has 0 aromatic carbocycles. The third-order valence-corrected chi connectivity index (χ3v) is 3.51. The SMILES string of the molecule is CC(C)C1CCN(Cc2cnc(Cl)cn2)C1. The van der Waals surface area contributed by atoms with Gasteiger partial charge in [-0.1, -0.05) is 25.4 Å². The molecule has 0 aliphatic carbocycles. The Labute approximate surface area is 102 Å². The van der Waals surface area contributed by atoms with Crippen LogP contribution in [-0.4, -0.2) is 28.0 Å². The predicted molar refractivity (Wildman–Crippen MR) is 65.3 cm³/mol. The van der Waals surface area contributed by atoms with Crippen LogP contribution in [0.4, 0.5) is 0 Å². The second kappa shape index (κ2) is 5.11. The summed E-state index contributed by atoms with van der Waals surface area (Å²) in [7, 11) is 0. The van der Waals surface area contributed by atoms with E-state index in [9.17, 15) is 0 Å². The number of rotatable bonds is 3. The lowest BCUT2D eigenvalue weighted by Crippen LogP contribution is -2.22. The Bertz CT molecular complexity index is 337. The molecular weight excluding hydrogens is 222 g/mol. The van der Waals surface area contributed by atoms with Crippen LogP contribution < -0.4 is 0 Å². The summed E-state index contributed by atoms with van der Waals surface area (Å²) in [5.74, 6) is 1.61. The first-order valence-electron chi connectivity index (χ1n) is 5.84. The van der Waals surface area contributed by atoms with E-state index in [0.717, 1.165) is 24.1 Å². The number of hydrogen-bond acceptors (Lipinski definition) is 3. The molecule has 1 saturated heterocycles. The van der Waals surface area contributed by atoms with Gasteiger partial charge >= 0.3 is 0 Å². The van der Waals surface area contributed by atoms with Gasteiger partial charge in [0.1, 0.15) is 5.15 Å². The Morgan fingerprint density at radius 3 is 2.81 bits per heavy atom. The van der Waals surface area contributed by atoms with E-state index >= 15 is 0 Å². The van der Waals surface area contributed by atoms with Gasteiger partial charge in [-0.2, -0.15) is 0 Å². The fraction of sp³-hybridized carbons (Fsp3) is 0.667. The molecule has 4 heteroatoms. The van der Waals surface area contributed by atoms with Gasteiger partial charge in [0.05, 0.1) is 18.1 Å². The van der Waals surface area contributed by atoms with Gasteiger partial charge in [-0.3, -0.25) is 9.88 Å². The normalized spacial score (nSPS) is 21.9. The van der Waals surface area contributed by atoms with E-state index in [1.54, 1.807) is 12.4 Å². The quantitative estimate of drug-likeness (QED) is 0.812. The Balaban J connectivity index is 1.89. The van der Waals surface area contributed by atoms with Crippen LogP contribution in [0.1, 0.15) is 26.0 Å². The molecule has 1 fully saturated rings. The zero-order valence-electron chi connectivity index (χ0n) is 9.86. The Kier molecular flexibility index (Phi) is 3.77. The van der Waals surface area contributed by atoms with Crippen molar-refractivity contribution in [3.63, 3.8) is 0 Å². The van der Waals surface area contributed by atoms with E-state index in [0.29, 0.717) is 5.15 Å². The van der Waals surface area contributed by atoms with Crippen LogP contribution in [0.15, 0.2) is 12.4 Å². The fourth-order valence-electron chi connectivity index (χ4n) is 2.20. The number of halogens is 1. The molecule has 2 rings (SSSR count). The van der Waals surface area contributed by atoms with E-state index in [2.05, 4.69) is 28.7 Å². The first-order chi connectivity index (χ1) is 7.65. The van der Waals surface area contributed by atoms with Crippen LogP contribution in [0.2, 0.25) is 5.15 Å². The highest BCUT2D eigenvalue weighted by Crippen LogP contribution is 2.24. The molecule has 0 saturated carbocycles. The maximum absolute atomic E-state index is 5.71. The molecule has 0 N–H and O–H groups in total. The van der Waals surface area contributed by atoms with E-state index in [1.165, 1.54) is 19.5 Å². The second-order valence-corrected chi connectivity index (χ2v) is 5.25. The molecule has 1 aliphatic heterocycles. The van der Waals surface area contributed by atoms with Crippen molar-refractivity contribution in [2.45, 2.75) is 26.8 Å². The summed E-state index contributed by atoms with van der Waals surface area (Å²) in [6.45, 7) is 7.86. The van der Waals surface area contributed by atoms with Gasteiger partial charge in [-0.25, -0.2) is 4.98 Å². The molecular formula is C12H18ClN3. The second-order valence-electron chi connectivity index (χ2n) is 4.86. The summed E-state index contributed by atoms with van der Waals surface area (Å²) >= 11 is 5.71. The number of aromatic nitrogens is 2. The summed E-state index contributed by atoms with van der Waals surface area (Å²) in [4.78, 5) is 10.8. The van der Waals surface area contributed by atoms with Crippen molar-refractivity contribution in [3.8, 4) is 0 Å². The molecule has 0 spiro atoms. The predicted octanol–water partition coefficient (Wildman–Crippen LogP) is 2.61. The summed E-state index contributed by atoms with van der Waals surface area (Å²) in [6, 6.07) is 0. The molecule has 2 heterocycles. The zero-order valence-corrected chi connectivity index (χ0v) is 10.6. The van der Waals surface area contributed by atoms with E-state index < -0.39 is 0 Å². The Morgan fingerprint density at radius 1 is 1.44 bits per heavy atom. The zero-order chi connectivity index (χ0) is 11.5. The van der Waals surface area contributed by atoms with Gasteiger partial charge in [0.2, 0.25) is 0 Å². The van der Waals surface area contributed by atoms with E-state index in [4.69, 9.17) is 11.6 Å². The van der Waals surface area contributed by atoms with Gasteiger partial charge in [0, 0.05) is 13.1 Å². The maximum atomic E-state index is 5.71. The molecule has 0 radical (unpaired) electrons. The number of nitrogens with zero attached hydrogens (tertiary/aromatic N) is 3. The molecule has 0 amide bonds. The Morgan fingerprint density at radius 2 is 2.25 bits per heavy atom. The summed E-state index contributed by atoms with van der Waals surface area (Å²) in [5.41, 5.74) is 1.01. The van der Waals surface area contributed by atoms with Gasteiger partial charge in [-0.15, -0.1) is 0 Å².